The maximum absolute atomic E-state index is 12.2. The van der Waals surface area contributed by atoms with Gasteiger partial charge in [-0.2, -0.15) is 0 Å². The molecule has 0 fully saturated rings. The predicted octanol–water partition coefficient (Wildman–Crippen LogP) is 0.921. The van der Waals surface area contributed by atoms with Crippen molar-refractivity contribution in [2.45, 2.75) is 6.42 Å². The first kappa shape index (κ1) is 13.6. The molecule has 3 N–H and O–H groups in total. The van der Waals surface area contributed by atoms with Crippen LogP contribution < -0.4 is 16.2 Å². The average Bonchev–Trinajstić information content (AvgIpc) is 3.06. The number of fused-ring (bicyclic) bond motifs is 1. The van der Waals surface area contributed by atoms with Gasteiger partial charge >= 0.3 is 0 Å². The number of nitrogens with zero attached hydrogens (tertiary/aromatic N) is 2. The SMILES string of the molecule is O=C(NNC(=S)n1ccnc1)C1CNc2ccccc2C1. The second-order valence-corrected chi connectivity index (χ2v) is 5.22. The third kappa shape index (κ3) is 3.03. The van der Waals surface area contributed by atoms with Crippen molar-refractivity contribution in [3.05, 3.63) is 48.5 Å². The number of hydrogen-bond donors (Lipinski definition) is 3. The first-order chi connectivity index (χ1) is 10.2. The summed E-state index contributed by atoms with van der Waals surface area (Å²) in [5.74, 6) is -0.211. The minimum atomic E-state index is -0.127. The minimum Gasteiger partial charge on any atom is -0.384 e. The van der Waals surface area contributed by atoms with Crippen LogP contribution in [0.5, 0.6) is 0 Å². The van der Waals surface area contributed by atoms with Crippen molar-refractivity contribution in [1.29, 1.82) is 0 Å². The summed E-state index contributed by atoms with van der Waals surface area (Å²) in [4.78, 5) is 16.1. The molecule has 1 aromatic heterocycles. The van der Waals surface area contributed by atoms with E-state index in [4.69, 9.17) is 12.2 Å². The fourth-order valence-electron chi connectivity index (χ4n) is 2.29. The molecule has 108 valence electrons. The lowest BCUT2D eigenvalue weighted by Gasteiger charge is -2.25. The van der Waals surface area contributed by atoms with Gasteiger partial charge in [-0.3, -0.25) is 20.2 Å². The predicted molar refractivity (Wildman–Crippen MR) is 83.6 cm³/mol. The standard InChI is InChI=1S/C14H15N5OS/c20-13(17-18-14(21)19-6-5-15-9-19)11-7-10-3-1-2-4-12(10)16-8-11/h1-6,9,11,16H,7-8H2,(H,17,20)(H,18,21). The normalized spacial score (nSPS) is 16.5. The van der Waals surface area contributed by atoms with Gasteiger partial charge < -0.3 is 5.32 Å². The van der Waals surface area contributed by atoms with Crippen LogP contribution in [0.4, 0.5) is 5.69 Å². The van der Waals surface area contributed by atoms with Crippen molar-refractivity contribution in [1.82, 2.24) is 20.4 Å². The van der Waals surface area contributed by atoms with E-state index in [9.17, 15) is 4.79 Å². The van der Waals surface area contributed by atoms with E-state index >= 15 is 0 Å². The summed E-state index contributed by atoms with van der Waals surface area (Å²) in [7, 11) is 0. The summed E-state index contributed by atoms with van der Waals surface area (Å²) in [6, 6.07) is 8.02. The Kier molecular flexibility index (Phi) is 3.83. The van der Waals surface area contributed by atoms with E-state index in [1.807, 2.05) is 24.3 Å². The molecule has 0 bridgehead atoms. The molecular weight excluding hydrogens is 286 g/mol. The molecule has 0 saturated heterocycles. The number of rotatable bonds is 1. The number of benzene rings is 1. The van der Waals surface area contributed by atoms with Gasteiger partial charge in [0, 0.05) is 24.6 Å². The summed E-state index contributed by atoms with van der Waals surface area (Å²) < 4.78 is 1.62. The third-order valence-corrected chi connectivity index (χ3v) is 3.74. The Morgan fingerprint density at radius 2 is 2.24 bits per heavy atom. The lowest BCUT2D eigenvalue weighted by molar-refractivity contribution is -0.125. The molecule has 1 aliphatic rings. The molecule has 7 heteroatoms. The molecule has 6 nitrogen and oxygen atoms in total. The highest BCUT2D eigenvalue weighted by molar-refractivity contribution is 7.80. The van der Waals surface area contributed by atoms with Gasteiger partial charge in [0.25, 0.3) is 0 Å². The topological polar surface area (TPSA) is 71.0 Å². The van der Waals surface area contributed by atoms with Crippen LogP contribution in [0.3, 0.4) is 0 Å². The highest BCUT2D eigenvalue weighted by Crippen LogP contribution is 2.24. The molecular formula is C14H15N5OS. The Labute approximate surface area is 127 Å². The van der Waals surface area contributed by atoms with Crippen molar-refractivity contribution in [3.63, 3.8) is 0 Å². The van der Waals surface area contributed by atoms with Crippen LogP contribution in [0.25, 0.3) is 0 Å². The lowest BCUT2D eigenvalue weighted by atomic mass is 9.93. The molecule has 0 saturated carbocycles. The van der Waals surface area contributed by atoms with Gasteiger partial charge in [0.2, 0.25) is 5.91 Å². The Balaban J connectivity index is 1.56. The second kappa shape index (κ2) is 5.92. The molecule has 1 atom stereocenters. The first-order valence-corrected chi connectivity index (χ1v) is 7.05. The summed E-state index contributed by atoms with van der Waals surface area (Å²) in [6.07, 6.45) is 5.62. The molecule has 0 aliphatic carbocycles. The fraction of sp³-hybridized carbons (Fsp3) is 0.214. The molecule has 21 heavy (non-hydrogen) atoms. The Bertz CT molecular complexity index is 655. The quantitative estimate of drug-likeness (QED) is 0.540. The Morgan fingerprint density at radius 1 is 1.38 bits per heavy atom. The summed E-state index contributed by atoms with van der Waals surface area (Å²) in [6.45, 7) is 0.613. The summed E-state index contributed by atoms with van der Waals surface area (Å²) >= 11 is 5.14. The number of anilines is 1. The number of amides is 1. The van der Waals surface area contributed by atoms with Gasteiger partial charge in [0.15, 0.2) is 5.11 Å². The molecule has 2 heterocycles. The van der Waals surface area contributed by atoms with Crippen molar-refractivity contribution in [2.75, 3.05) is 11.9 Å². The molecule has 1 unspecified atom stereocenters. The van der Waals surface area contributed by atoms with Gasteiger partial charge in [-0.25, -0.2) is 4.98 Å². The first-order valence-electron chi connectivity index (χ1n) is 6.64. The van der Waals surface area contributed by atoms with Gasteiger partial charge in [0.1, 0.15) is 6.33 Å². The van der Waals surface area contributed by atoms with Crippen LogP contribution >= 0.6 is 12.2 Å². The van der Waals surface area contributed by atoms with E-state index in [1.54, 1.807) is 23.3 Å². The van der Waals surface area contributed by atoms with Crippen LogP contribution in [-0.4, -0.2) is 27.1 Å². The maximum atomic E-state index is 12.2. The molecule has 0 spiro atoms. The fourth-order valence-corrected chi connectivity index (χ4v) is 2.45. The monoisotopic (exact) mass is 301 g/mol. The number of hydrazine groups is 1. The van der Waals surface area contributed by atoms with E-state index in [0.717, 1.165) is 11.3 Å². The number of carbonyl (C=O) groups is 1. The largest absolute Gasteiger partial charge is 0.384 e. The summed E-state index contributed by atoms with van der Waals surface area (Å²) in [5.41, 5.74) is 7.64. The van der Waals surface area contributed by atoms with E-state index in [1.165, 1.54) is 0 Å². The highest BCUT2D eigenvalue weighted by Gasteiger charge is 2.24. The van der Waals surface area contributed by atoms with E-state index in [0.29, 0.717) is 18.1 Å². The highest BCUT2D eigenvalue weighted by atomic mass is 32.1. The lowest BCUT2D eigenvalue weighted by Crippen LogP contribution is -2.48. The second-order valence-electron chi connectivity index (χ2n) is 4.83. The molecule has 1 amide bonds. The van der Waals surface area contributed by atoms with Crippen LogP contribution in [0.15, 0.2) is 43.0 Å². The van der Waals surface area contributed by atoms with Crippen LogP contribution in [-0.2, 0) is 11.2 Å². The number of thiocarbonyl (C=S) groups is 1. The molecule has 3 rings (SSSR count). The van der Waals surface area contributed by atoms with E-state index in [-0.39, 0.29) is 11.8 Å². The van der Waals surface area contributed by atoms with Gasteiger partial charge in [-0.15, -0.1) is 0 Å². The summed E-state index contributed by atoms with van der Waals surface area (Å²) in [5, 5.41) is 3.65. The number of hydrogen-bond acceptors (Lipinski definition) is 4. The number of para-hydroxylation sites is 1. The zero-order chi connectivity index (χ0) is 14.7. The van der Waals surface area contributed by atoms with Crippen LogP contribution in [0.2, 0.25) is 0 Å². The minimum absolute atomic E-state index is 0.0838. The van der Waals surface area contributed by atoms with Crippen molar-refractivity contribution < 1.29 is 4.79 Å². The van der Waals surface area contributed by atoms with E-state index in [2.05, 4.69) is 21.2 Å². The number of imidazole rings is 1. The maximum Gasteiger partial charge on any atom is 0.243 e. The number of nitrogens with one attached hydrogen (secondary N) is 3. The number of carbonyl (C=O) groups excluding carboxylic acids is 1. The zero-order valence-corrected chi connectivity index (χ0v) is 12.1. The van der Waals surface area contributed by atoms with Gasteiger partial charge in [-0.05, 0) is 30.3 Å². The van der Waals surface area contributed by atoms with Crippen LogP contribution in [0.1, 0.15) is 5.56 Å². The number of aromatic nitrogens is 2. The van der Waals surface area contributed by atoms with Crippen molar-refractivity contribution >= 4 is 28.9 Å². The van der Waals surface area contributed by atoms with Gasteiger partial charge in [0.05, 0.1) is 5.92 Å². The molecule has 1 aromatic carbocycles. The van der Waals surface area contributed by atoms with Crippen LogP contribution in [0, 0.1) is 5.92 Å². The Morgan fingerprint density at radius 3 is 3.05 bits per heavy atom. The molecule has 2 aromatic rings. The third-order valence-electron chi connectivity index (χ3n) is 3.42. The van der Waals surface area contributed by atoms with Crippen molar-refractivity contribution in [2.24, 2.45) is 5.92 Å². The zero-order valence-electron chi connectivity index (χ0n) is 11.2. The molecule has 1 aliphatic heterocycles. The van der Waals surface area contributed by atoms with Crippen molar-refractivity contribution in [3.8, 4) is 0 Å². The molecule has 0 radical (unpaired) electrons. The smallest absolute Gasteiger partial charge is 0.243 e. The average molecular weight is 301 g/mol. The Hall–Kier alpha value is -2.41. The van der Waals surface area contributed by atoms with E-state index < -0.39 is 0 Å². The van der Waals surface area contributed by atoms with Gasteiger partial charge in [-0.1, -0.05) is 18.2 Å².